The Labute approximate surface area is 210 Å². The van der Waals surface area contributed by atoms with Crippen LogP contribution in [0.5, 0.6) is 23.0 Å². The zero-order chi connectivity index (χ0) is 26.0. The van der Waals surface area contributed by atoms with Gasteiger partial charge in [-0.1, -0.05) is 6.07 Å². The van der Waals surface area contributed by atoms with Gasteiger partial charge in [-0.15, -0.1) is 0 Å². The van der Waals surface area contributed by atoms with E-state index >= 15 is 0 Å². The number of carbonyl (C=O) groups excluding carboxylic acids is 2. The largest absolute Gasteiger partial charge is 0.497 e. The quantitative estimate of drug-likeness (QED) is 0.526. The molecule has 2 aliphatic rings. The lowest BCUT2D eigenvalue weighted by Crippen LogP contribution is -2.38. The molecule has 2 aromatic carbocycles. The van der Waals surface area contributed by atoms with Gasteiger partial charge < -0.3 is 23.7 Å². The van der Waals surface area contributed by atoms with Crippen LogP contribution in [-0.4, -0.2) is 53.0 Å². The first kappa shape index (κ1) is 25.3. The van der Waals surface area contributed by atoms with Crippen LogP contribution in [0.25, 0.3) is 0 Å². The fraction of sp³-hybridized carbons (Fsp3) is 0.393. The van der Waals surface area contributed by atoms with Gasteiger partial charge in [0.2, 0.25) is 0 Å². The number of nitrogens with zero attached hydrogens (tertiary/aromatic N) is 1. The van der Waals surface area contributed by atoms with Crippen LogP contribution >= 0.6 is 0 Å². The number of esters is 1. The first-order valence-electron chi connectivity index (χ1n) is 11.7. The van der Waals surface area contributed by atoms with Crippen molar-refractivity contribution >= 4 is 17.5 Å². The summed E-state index contributed by atoms with van der Waals surface area (Å²) < 4.78 is 27.1. The Balaban J connectivity index is 1.84. The maximum atomic E-state index is 13.8. The van der Waals surface area contributed by atoms with Gasteiger partial charge in [0.25, 0.3) is 0 Å². The monoisotopic (exact) mass is 493 g/mol. The number of allylic oxidation sites excluding steroid dienone is 2. The Morgan fingerprint density at radius 3 is 2.19 bits per heavy atom. The molecule has 36 heavy (non-hydrogen) atoms. The predicted molar refractivity (Wildman–Crippen MR) is 134 cm³/mol. The molecule has 190 valence electrons. The molecule has 3 atom stereocenters. The summed E-state index contributed by atoms with van der Waals surface area (Å²) in [6.07, 6.45) is 0.824. The van der Waals surface area contributed by atoms with Gasteiger partial charge in [0.05, 0.1) is 35.5 Å². The van der Waals surface area contributed by atoms with Gasteiger partial charge in [0, 0.05) is 34.9 Å². The Hall–Kier alpha value is -3.81. The highest BCUT2D eigenvalue weighted by Gasteiger charge is 2.45. The highest BCUT2D eigenvalue weighted by atomic mass is 16.5. The predicted octanol–water partition coefficient (Wildman–Crippen LogP) is 4.47. The normalized spacial score (nSPS) is 21.3. The van der Waals surface area contributed by atoms with Crippen molar-refractivity contribution in [2.45, 2.75) is 31.6 Å². The number of rotatable bonds is 7. The molecule has 0 bridgehead atoms. The average molecular weight is 494 g/mol. The van der Waals surface area contributed by atoms with E-state index in [0.717, 1.165) is 5.56 Å². The standard InChI is InChI=1S/C28H31NO7/c1-15-25(28(31)36-6)26(19-14-18(32-2)8-10-22(19)33-3)27-20(29-15)11-17(12-21(27)30)16-7-9-23(34-4)24(13-16)35-5/h7-10,13-14,17,25-26H,11-12H2,1-6H3/t17-,25?,26-/m1/s1. The molecule has 0 aromatic heterocycles. The Kier molecular flexibility index (Phi) is 7.33. The summed E-state index contributed by atoms with van der Waals surface area (Å²) in [5.41, 5.74) is 3.45. The number of aliphatic imine (C=N–C) groups is 1. The van der Waals surface area contributed by atoms with E-state index in [1.165, 1.54) is 7.11 Å². The van der Waals surface area contributed by atoms with E-state index in [1.54, 1.807) is 47.5 Å². The second-order valence-electron chi connectivity index (χ2n) is 8.84. The molecule has 1 aliphatic heterocycles. The molecule has 0 saturated carbocycles. The minimum atomic E-state index is -0.753. The van der Waals surface area contributed by atoms with Crippen molar-refractivity contribution in [1.82, 2.24) is 0 Å². The van der Waals surface area contributed by atoms with Gasteiger partial charge in [-0.05, 0) is 55.2 Å². The Morgan fingerprint density at radius 1 is 0.861 bits per heavy atom. The molecule has 8 heteroatoms. The molecule has 0 fully saturated rings. The third-order valence-corrected chi connectivity index (χ3v) is 6.99. The third kappa shape index (κ3) is 4.43. The van der Waals surface area contributed by atoms with Crippen LogP contribution in [0.1, 0.15) is 42.7 Å². The number of Topliss-reactive ketones (excluding diaryl/α,β-unsaturated/α-hetero) is 1. The Morgan fingerprint density at radius 2 is 1.56 bits per heavy atom. The fourth-order valence-electron chi connectivity index (χ4n) is 5.25. The van der Waals surface area contributed by atoms with Gasteiger partial charge in [-0.3, -0.25) is 14.6 Å². The molecule has 1 heterocycles. The highest BCUT2D eigenvalue weighted by molar-refractivity contribution is 6.09. The molecular formula is C28H31NO7. The summed E-state index contributed by atoms with van der Waals surface area (Å²) in [4.78, 5) is 31.5. The minimum absolute atomic E-state index is 0.0592. The minimum Gasteiger partial charge on any atom is -0.497 e. The topological polar surface area (TPSA) is 92.7 Å². The molecule has 0 N–H and O–H groups in total. The van der Waals surface area contributed by atoms with Gasteiger partial charge in [-0.25, -0.2) is 0 Å². The fourth-order valence-corrected chi connectivity index (χ4v) is 5.25. The van der Waals surface area contributed by atoms with E-state index in [-0.39, 0.29) is 18.1 Å². The van der Waals surface area contributed by atoms with E-state index in [0.29, 0.717) is 52.0 Å². The maximum absolute atomic E-state index is 13.8. The smallest absolute Gasteiger partial charge is 0.315 e. The molecular weight excluding hydrogens is 462 g/mol. The summed E-state index contributed by atoms with van der Waals surface area (Å²) in [7, 11) is 7.65. The SMILES string of the molecule is COC(=O)C1C(C)=NC2=C(C(=O)C[C@H](c3ccc(OC)c(OC)c3)C2)[C@@H]1c1cc(OC)ccc1OC. The van der Waals surface area contributed by atoms with Crippen molar-refractivity contribution in [3.8, 4) is 23.0 Å². The van der Waals surface area contributed by atoms with Gasteiger partial charge in [0.15, 0.2) is 17.3 Å². The van der Waals surface area contributed by atoms with Gasteiger partial charge >= 0.3 is 5.97 Å². The molecule has 2 aromatic rings. The summed E-state index contributed by atoms with van der Waals surface area (Å²) in [6, 6.07) is 11.1. The van der Waals surface area contributed by atoms with Crippen LogP contribution in [0.2, 0.25) is 0 Å². The molecule has 1 unspecified atom stereocenters. The van der Waals surface area contributed by atoms with Crippen molar-refractivity contribution in [2.75, 3.05) is 35.5 Å². The van der Waals surface area contributed by atoms with E-state index in [4.69, 9.17) is 28.7 Å². The summed E-state index contributed by atoms with van der Waals surface area (Å²) in [6.45, 7) is 1.80. The van der Waals surface area contributed by atoms with E-state index in [9.17, 15) is 9.59 Å². The molecule has 0 spiro atoms. The van der Waals surface area contributed by atoms with Crippen LogP contribution in [0.15, 0.2) is 52.7 Å². The number of benzene rings is 2. The zero-order valence-corrected chi connectivity index (χ0v) is 21.4. The molecule has 0 radical (unpaired) electrons. The van der Waals surface area contributed by atoms with Crippen LogP contribution in [-0.2, 0) is 14.3 Å². The lowest BCUT2D eigenvalue weighted by Gasteiger charge is -2.37. The molecule has 1 aliphatic carbocycles. The number of carbonyl (C=O) groups is 2. The summed E-state index contributed by atoms with van der Waals surface area (Å²) in [5.74, 6) is 0.439. The number of hydrogen-bond donors (Lipinski definition) is 0. The number of ketones is 1. The second-order valence-corrected chi connectivity index (χ2v) is 8.84. The zero-order valence-electron chi connectivity index (χ0n) is 21.4. The van der Waals surface area contributed by atoms with Crippen LogP contribution in [0, 0.1) is 5.92 Å². The van der Waals surface area contributed by atoms with E-state index in [1.807, 2.05) is 24.3 Å². The summed E-state index contributed by atoms with van der Waals surface area (Å²) in [5, 5.41) is 0. The Bertz CT molecular complexity index is 1250. The average Bonchev–Trinajstić information content (AvgIpc) is 2.90. The van der Waals surface area contributed by atoms with Crippen molar-refractivity contribution in [1.29, 1.82) is 0 Å². The van der Waals surface area contributed by atoms with Crippen molar-refractivity contribution < 1.29 is 33.3 Å². The van der Waals surface area contributed by atoms with E-state index in [2.05, 4.69) is 0 Å². The third-order valence-electron chi connectivity index (χ3n) is 6.99. The summed E-state index contributed by atoms with van der Waals surface area (Å²) >= 11 is 0. The van der Waals surface area contributed by atoms with Crippen LogP contribution < -0.4 is 18.9 Å². The van der Waals surface area contributed by atoms with E-state index < -0.39 is 17.8 Å². The first-order chi connectivity index (χ1) is 17.4. The lowest BCUT2D eigenvalue weighted by molar-refractivity contribution is -0.143. The molecule has 4 rings (SSSR count). The highest BCUT2D eigenvalue weighted by Crippen LogP contribution is 2.49. The number of ether oxygens (including phenoxy) is 5. The van der Waals surface area contributed by atoms with Gasteiger partial charge in [0.1, 0.15) is 17.4 Å². The van der Waals surface area contributed by atoms with Crippen molar-refractivity contribution in [3.63, 3.8) is 0 Å². The van der Waals surface area contributed by atoms with Crippen LogP contribution in [0.3, 0.4) is 0 Å². The molecule has 8 nitrogen and oxygen atoms in total. The molecule has 0 amide bonds. The maximum Gasteiger partial charge on any atom is 0.315 e. The molecule has 0 saturated heterocycles. The van der Waals surface area contributed by atoms with Crippen molar-refractivity contribution in [3.05, 3.63) is 58.8 Å². The second kappa shape index (κ2) is 10.4. The number of hydrogen-bond acceptors (Lipinski definition) is 8. The number of methoxy groups -OCH3 is 5. The first-order valence-corrected chi connectivity index (χ1v) is 11.7. The van der Waals surface area contributed by atoms with Crippen LogP contribution in [0.4, 0.5) is 0 Å². The van der Waals surface area contributed by atoms with Gasteiger partial charge in [-0.2, -0.15) is 0 Å². The van der Waals surface area contributed by atoms with Crippen molar-refractivity contribution in [2.24, 2.45) is 10.9 Å². The lowest BCUT2D eigenvalue weighted by atomic mass is 9.69.